The van der Waals surface area contributed by atoms with Crippen LogP contribution in [0.5, 0.6) is 5.75 Å². The van der Waals surface area contributed by atoms with E-state index >= 15 is 0 Å². The number of oxazole rings is 1. The first-order chi connectivity index (χ1) is 15.2. The topological polar surface area (TPSA) is 133 Å². The quantitative estimate of drug-likeness (QED) is 0.440. The van der Waals surface area contributed by atoms with Crippen molar-refractivity contribution in [1.29, 1.82) is 0 Å². The smallest absolute Gasteiger partial charge is 0.321 e. The predicted octanol–water partition coefficient (Wildman–Crippen LogP) is 2.67. The fraction of sp³-hybridized carbons (Fsp3) is 0.476. The summed E-state index contributed by atoms with van der Waals surface area (Å²) >= 11 is 1.37. The summed E-state index contributed by atoms with van der Waals surface area (Å²) < 4.78 is 11.3. The SMILES string of the molecule is COc1ccc2oc(N3[C@H](CO)Cc4nc(NC(=O)NC(C)(C)CO)sc4[C@@H]3C)nc2c1. The molecule has 0 aliphatic carbocycles. The van der Waals surface area contributed by atoms with E-state index in [0.29, 0.717) is 34.4 Å². The normalized spacial score (nSPS) is 18.5. The highest BCUT2D eigenvalue weighted by molar-refractivity contribution is 7.16. The summed E-state index contributed by atoms with van der Waals surface area (Å²) in [5, 5.41) is 25.3. The molecule has 2 aromatic heterocycles. The maximum atomic E-state index is 12.3. The molecule has 0 unspecified atom stereocenters. The summed E-state index contributed by atoms with van der Waals surface area (Å²) in [5.41, 5.74) is 1.38. The van der Waals surface area contributed by atoms with Crippen molar-refractivity contribution in [3.63, 3.8) is 0 Å². The number of urea groups is 1. The number of nitrogens with one attached hydrogen (secondary N) is 2. The largest absolute Gasteiger partial charge is 0.497 e. The summed E-state index contributed by atoms with van der Waals surface area (Å²) in [6.07, 6.45) is 0.486. The number of aliphatic hydroxyl groups excluding tert-OH is 2. The number of aromatic nitrogens is 2. The van der Waals surface area contributed by atoms with E-state index in [1.807, 2.05) is 17.9 Å². The fourth-order valence-corrected chi connectivity index (χ4v) is 4.77. The molecule has 4 N–H and O–H groups in total. The van der Waals surface area contributed by atoms with Gasteiger partial charge < -0.3 is 29.6 Å². The van der Waals surface area contributed by atoms with Crippen LogP contribution in [0.15, 0.2) is 22.6 Å². The first-order valence-corrected chi connectivity index (χ1v) is 11.1. The molecule has 4 rings (SSSR count). The van der Waals surface area contributed by atoms with Gasteiger partial charge in [0.1, 0.15) is 11.3 Å². The molecule has 2 amide bonds. The molecule has 1 aliphatic rings. The van der Waals surface area contributed by atoms with Crippen molar-refractivity contribution in [2.45, 2.75) is 44.8 Å². The fourth-order valence-electron chi connectivity index (χ4n) is 3.74. The van der Waals surface area contributed by atoms with E-state index in [0.717, 1.165) is 10.6 Å². The molecular weight excluding hydrogens is 434 g/mol. The van der Waals surface area contributed by atoms with Crippen LogP contribution in [0.1, 0.15) is 37.4 Å². The van der Waals surface area contributed by atoms with E-state index < -0.39 is 11.6 Å². The van der Waals surface area contributed by atoms with E-state index in [1.165, 1.54) is 11.3 Å². The van der Waals surface area contributed by atoms with Crippen LogP contribution < -0.4 is 20.3 Å². The Hall–Kier alpha value is -2.89. The number of carbonyl (C=O) groups excluding carboxylic acids is 1. The van der Waals surface area contributed by atoms with Gasteiger partial charge >= 0.3 is 6.03 Å². The molecule has 1 aliphatic heterocycles. The van der Waals surface area contributed by atoms with Gasteiger partial charge in [-0.3, -0.25) is 5.32 Å². The molecule has 0 saturated carbocycles. The van der Waals surface area contributed by atoms with E-state index in [2.05, 4.69) is 20.6 Å². The minimum Gasteiger partial charge on any atom is -0.497 e. The number of thiazole rings is 1. The van der Waals surface area contributed by atoms with Crippen LogP contribution in [0.4, 0.5) is 15.9 Å². The Kier molecular flexibility index (Phi) is 5.97. The van der Waals surface area contributed by atoms with Crippen molar-refractivity contribution in [2.24, 2.45) is 0 Å². The van der Waals surface area contributed by atoms with Crippen LogP contribution in [-0.4, -0.2) is 58.1 Å². The van der Waals surface area contributed by atoms with Gasteiger partial charge in [0, 0.05) is 12.5 Å². The minimum atomic E-state index is -0.747. The number of methoxy groups -OCH3 is 1. The van der Waals surface area contributed by atoms with Crippen molar-refractivity contribution in [2.75, 3.05) is 30.5 Å². The second kappa shape index (κ2) is 8.57. The molecule has 0 saturated heterocycles. The van der Waals surface area contributed by atoms with Crippen molar-refractivity contribution < 1.29 is 24.2 Å². The molecule has 0 radical (unpaired) electrons. The van der Waals surface area contributed by atoms with Crippen molar-refractivity contribution >= 4 is 39.6 Å². The van der Waals surface area contributed by atoms with Crippen LogP contribution >= 0.6 is 11.3 Å². The third kappa shape index (κ3) is 4.23. The Morgan fingerprint density at radius 3 is 2.84 bits per heavy atom. The van der Waals surface area contributed by atoms with Gasteiger partial charge in [0.2, 0.25) is 0 Å². The van der Waals surface area contributed by atoms with Crippen molar-refractivity contribution in [1.82, 2.24) is 15.3 Å². The molecule has 1 aromatic carbocycles. The Bertz CT molecular complexity index is 1130. The lowest BCUT2D eigenvalue weighted by molar-refractivity contribution is 0.187. The lowest BCUT2D eigenvalue weighted by Crippen LogP contribution is -2.48. The molecule has 2 atom stereocenters. The van der Waals surface area contributed by atoms with Crippen molar-refractivity contribution in [3.8, 4) is 5.75 Å². The number of hydrogen-bond donors (Lipinski definition) is 4. The van der Waals surface area contributed by atoms with E-state index in [9.17, 15) is 15.0 Å². The molecule has 3 aromatic rings. The third-order valence-electron chi connectivity index (χ3n) is 5.43. The number of aliphatic hydroxyl groups is 2. The maximum Gasteiger partial charge on any atom is 0.321 e. The number of benzene rings is 1. The number of ether oxygens (including phenoxy) is 1. The number of hydrogen-bond acceptors (Lipinski definition) is 9. The van der Waals surface area contributed by atoms with Crippen LogP contribution in [-0.2, 0) is 6.42 Å². The van der Waals surface area contributed by atoms with Crippen LogP contribution in [0, 0.1) is 0 Å². The van der Waals surface area contributed by atoms with E-state index in [1.54, 1.807) is 33.1 Å². The highest BCUT2D eigenvalue weighted by atomic mass is 32.1. The summed E-state index contributed by atoms with van der Waals surface area (Å²) in [6.45, 7) is 5.15. The number of fused-ring (bicyclic) bond motifs is 2. The van der Waals surface area contributed by atoms with Crippen LogP contribution in [0.25, 0.3) is 11.1 Å². The van der Waals surface area contributed by atoms with Crippen molar-refractivity contribution in [3.05, 3.63) is 28.8 Å². The van der Waals surface area contributed by atoms with Gasteiger partial charge in [-0.25, -0.2) is 9.78 Å². The molecule has 0 fully saturated rings. The zero-order chi connectivity index (χ0) is 23.0. The van der Waals surface area contributed by atoms with Gasteiger partial charge in [0.25, 0.3) is 6.01 Å². The van der Waals surface area contributed by atoms with Gasteiger partial charge in [0.15, 0.2) is 10.7 Å². The van der Waals surface area contributed by atoms with E-state index in [4.69, 9.17) is 9.15 Å². The average molecular weight is 462 g/mol. The Balaban J connectivity index is 1.60. The zero-order valence-corrected chi connectivity index (χ0v) is 19.2. The molecule has 172 valence electrons. The number of rotatable bonds is 6. The van der Waals surface area contributed by atoms with Gasteiger partial charge in [0.05, 0.1) is 48.5 Å². The van der Waals surface area contributed by atoms with Gasteiger partial charge in [-0.15, -0.1) is 0 Å². The second-order valence-corrected chi connectivity index (χ2v) is 9.44. The number of anilines is 2. The Morgan fingerprint density at radius 1 is 1.38 bits per heavy atom. The summed E-state index contributed by atoms with van der Waals surface area (Å²) in [4.78, 5) is 24.4. The highest BCUT2D eigenvalue weighted by Crippen LogP contribution is 2.41. The molecule has 0 spiro atoms. The first-order valence-electron chi connectivity index (χ1n) is 10.3. The molecular formula is C21H27N5O5S. The van der Waals surface area contributed by atoms with E-state index in [-0.39, 0.29) is 25.3 Å². The molecule has 0 bridgehead atoms. The molecule has 11 heteroatoms. The highest BCUT2D eigenvalue weighted by Gasteiger charge is 2.37. The standard InChI is InChI=1S/C21H27N5O5S/c1-11-17-15(22-19(32-17)24-18(29)25-21(2,3)10-28)7-12(9-27)26(11)20-23-14-8-13(30-4)5-6-16(14)31-20/h5-6,8,11-12,27-28H,7,9-10H2,1-4H3,(H2,22,24,25,29)/t11-,12-/m0/s1. The lowest BCUT2D eigenvalue weighted by atomic mass is 10.00. The summed E-state index contributed by atoms with van der Waals surface area (Å²) in [6, 6.07) is 4.95. The Labute approximate surface area is 189 Å². The summed E-state index contributed by atoms with van der Waals surface area (Å²) in [7, 11) is 1.60. The molecule has 32 heavy (non-hydrogen) atoms. The zero-order valence-electron chi connectivity index (χ0n) is 18.4. The predicted molar refractivity (Wildman–Crippen MR) is 121 cm³/mol. The number of carbonyl (C=O) groups is 1. The van der Waals surface area contributed by atoms with Gasteiger partial charge in [-0.05, 0) is 32.9 Å². The minimum absolute atomic E-state index is 0.0999. The lowest BCUT2D eigenvalue weighted by Gasteiger charge is -2.37. The third-order valence-corrected chi connectivity index (χ3v) is 6.61. The monoisotopic (exact) mass is 461 g/mol. The molecule has 10 nitrogen and oxygen atoms in total. The first kappa shape index (κ1) is 22.3. The number of amides is 2. The second-order valence-electron chi connectivity index (χ2n) is 8.40. The summed E-state index contributed by atoms with van der Waals surface area (Å²) in [5.74, 6) is 0.686. The van der Waals surface area contributed by atoms with Gasteiger partial charge in [-0.2, -0.15) is 4.98 Å². The van der Waals surface area contributed by atoms with Crippen LogP contribution in [0.3, 0.4) is 0 Å². The average Bonchev–Trinajstić information content (AvgIpc) is 3.35. The van der Waals surface area contributed by atoms with Crippen LogP contribution in [0.2, 0.25) is 0 Å². The Morgan fingerprint density at radius 2 is 2.16 bits per heavy atom. The maximum absolute atomic E-state index is 12.3. The van der Waals surface area contributed by atoms with Gasteiger partial charge in [-0.1, -0.05) is 11.3 Å². The number of nitrogens with zero attached hydrogens (tertiary/aromatic N) is 3. The molecule has 3 heterocycles.